The molecule has 0 bridgehead atoms. The number of hydrogen-bond donors (Lipinski definition) is 1. The molecule has 0 saturated carbocycles. The van der Waals surface area contributed by atoms with Crippen molar-refractivity contribution in [2.45, 2.75) is 26.7 Å². The Morgan fingerprint density at radius 2 is 1.91 bits per heavy atom. The Hall–Kier alpha value is -1.12. The van der Waals surface area contributed by atoms with Gasteiger partial charge in [0.25, 0.3) is 0 Å². The largest absolute Gasteiger partial charge is 0.481 e. The van der Waals surface area contributed by atoms with E-state index < -0.39 is 5.97 Å². The van der Waals surface area contributed by atoms with Gasteiger partial charge < -0.3 is 5.11 Å². The van der Waals surface area contributed by atoms with E-state index in [0.717, 1.165) is 11.9 Å². The Labute approximate surface area is 65.7 Å². The summed E-state index contributed by atoms with van der Waals surface area (Å²) in [4.78, 5) is 20.4. The lowest BCUT2D eigenvalue weighted by Crippen LogP contribution is -1.97. The predicted molar refractivity (Wildman–Crippen MR) is 41.3 cm³/mol. The van der Waals surface area contributed by atoms with Gasteiger partial charge in [-0.25, -0.2) is 0 Å². The highest BCUT2D eigenvalue weighted by Gasteiger charge is 2.01. The first kappa shape index (κ1) is 9.88. The second-order valence-electron chi connectivity index (χ2n) is 2.54. The molecule has 0 spiro atoms. The highest BCUT2D eigenvalue weighted by atomic mass is 16.4. The van der Waals surface area contributed by atoms with Crippen molar-refractivity contribution in [3.05, 3.63) is 11.1 Å². The molecule has 3 nitrogen and oxygen atoms in total. The van der Waals surface area contributed by atoms with Crippen molar-refractivity contribution in [1.82, 2.24) is 0 Å². The molecular weight excluding hydrogens is 144 g/mol. The van der Waals surface area contributed by atoms with E-state index in [1.165, 1.54) is 0 Å². The van der Waals surface area contributed by atoms with Gasteiger partial charge in [-0.05, 0) is 25.8 Å². The molecule has 1 N–H and O–H groups in total. The molecule has 0 aliphatic heterocycles. The van der Waals surface area contributed by atoms with E-state index in [4.69, 9.17) is 5.11 Å². The predicted octanol–water partition coefficient (Wildman–Crippen LogP) is 1.39. The zero-order valence-electron chi connectivity index (χ0n) is 6.76. The van der Waals surface area contributed by atoms with Gasteiger partial charge in [-0.3, -0.25) is 9.59 Å². The highest BCUT2D eigenvalue weighted by Crippen LogP contribution is 2.07. The van der Waals surface area contributed by atoms with Crippen LogP contribution in [0.1, 0.15) is 26.7 Å². The maximum Gasteiger partial charge on any atom is 0.303 e. The van der Waals surface area contributed by atoms with E-state index in [9.17, 15) is 9.59 Å². The summed E-state index contributed by atoms with van der Waals surface area (Å²) >= 11 is 0. The van der Waals surface area contributed by atoms with Crippen LogP contribution in [0.15, 0.2) is 11.1 Å². The molecule has 0 aliphatic rings. The van der Waals surface area contributed by atoms with E-state index in [0.29, 0.717) is 12.0 Å². The molecule has 0 saturated heterocycles. The van der Waals surface area contributed by atoms with Crippen molar-refractivity contribution < 1.29 is 14.7 Å². The van der Waals surface area contributed by atoms with Crippen molar-refractivity contribution in [2.75, 3.05) is 0 Å². The molecule has 0 atom stereocenters. The van der Waals surface area contributed by atoms with Crippen molar-refractivity contribution in [2.24, 2.45) is 0 Å². The molecule has 11 heavy (non-hydrogen) atoms. The summed E-state index contributed by atoms with van der Waals surface area (Å²) in [5, 5.41) is 8.30. The monoisotopic (exact) mass is 156 g/mol. The van der Waals surface area contributed by atoms with E-state index in [1.54, 1.807) is 13.8 Å². The molecule has 0 fully saturated rings. The van der Waals surface area contributed by atoms with Crippen molar-refractivity contribution in [3.8, 4) is 0 Å². The molecule has 3 heteroatoms. The summed E-state index contributed by atoms with van der Waals surface area (Å²) in [5.74, 6) is -0.870. The molecule has 0 aromatic carbocycles. The van der Waals surface area contributed by atoms with Gasteiger partial charge in [0.05, 0.1) is 0 Å². The number of carboxylic acids is 1. The van der Waals surface area contributed by atoms with Crippen molar-refractivity contribution in [3.63, 3.8) is 0 Å². The van der Waals surface area contributed by atoms with Gasteiger partial charge in [-0.1, -0.05) is 5.57 Å². The molecule has 0 radical (unpaired) electrons. The maximum absolute atomic E-state index is 10.3. The Morgan fingerprint density at radius 3 is 2.18 bits per heavy atom. The van der Waals surface area contributed by atoms with Crippen LogP contribution in [0.5, 0.6) is 0 Å². The zero-order valence-corrected chi connectivity index (χ0v) is 6.76. The molecule has 0 amide bonds. The van der Waals surface area contributed by atoms with Gasteiger partial charge >= 0.3 is 5.97 Å². The van der Waals surface area contributed by atoms with Crippen LogP contribution >= 0.6 is 0 Å². The van der Waals surface area contributed by atoms with Crippen LogP contribution in [0.3, 0.4) is 0 Å². The standard InChI is InChI=1S/C8H12O3/c1-6(2)7(5-9)3-4-8(10)11/h5H,3-4H2,1-2H3,(H,10,11). The number of carbonyl (C=O) groups excluding carboxylic acids is 1. The van der Waals surface area contributed by atoms with E-state index in [1.807, 2.05) is 0 Å². The number of hydrogen-bond acceptors (Lipinski definition) is 2. The smallest absolute Gasteiger partial charge is 0.303 e. The fraction of sp³-hybridized carbons (Fsp3) is 0.500. The molecule has 62 valence electrons. The van der Waals surface area contributed by atoms with Crippen LogP contribution in [-0.4, -0.2) is 17.4 Å². The number of aliphatic carboxylic acids is 1. The minimum absolute atomic E-state index is 0.0270. The first-order chi connectivity index (χ1) is 5.07. The lowest BCUT2D eigenvalue weighted by atomic mass is 10.1. The van der Waals surface area contributed by atoms with Gasteiger partial charge in [-0.15, -0.1) is 0 Å². The van der Waals surface area contributed by atoms with Crippen LogP contribution in [0.25, 0.3) is 0 Å². The van der Waals surface area contributed by atoms with Gasteiger partial charge in [0.15, 0.2) is 0 Å². The average molecular weight is 156 g/mol. The topological polar surface area (TPSA) is 54.4 Å². The average Bonchev–Trinajstić information content (AvgIpc) is 1.87. The lowest BCUT2D eigenvalue weighted by Gasteiger charge is -1.98. The Balaban J connectivity index is 4.01. The van der Waals surface area contributed by atoms with Gasteiger partial charge in [0, 0.05) is 6.42 Å². The van der Waals surface area contributed by atoms with Crippen LogP contribution in [0, 0.1) is 0 Å². The summed E-state index contributed by atoms with van der Waals surface area (Å²) in [7, 11) is 0. The molecule has 0 rings (SSSR count). The fourth-order valence-corrected chi connectivity index (χ4v) is 0.668. The van der Waals surface area contributed by atoms with Crippen LogP contribution in [-0.2, 0) is 9.59 Å². The normalized spacial score (nSPS) is 8.91. The highest BCUT2D eigenvalue weighted by molar-refractivity contribution is 5.76. The zero-order chi connectivity index (χ0) is 8.85. The molecule has 0 aliphatic carbocycles. The fourth-order valence-electron chi connectivity index (χ4n) is 0.668. The Kier molecular flexibility index (Phi) is 4.18. The molecule has 0 unspecified atom stereocenters. The lowest BCUT2D eigenvalue weighted by molar-refractivity contribution is -0.136. The third-order valence-electron chi connectivity index (χ3n) is 1.39. The third kappa shape index (κ3) is 4.31. The SMILES string of the molecule is CC(C)=C(C=O)CCC(=O)O. The second-order valence-corrected chi connectivity index (χ2v) is 2.54. The van der Waals surface area contributed by atoms with Gasteiger partial charge in [0.2, 0.25) is 0 Å². The molecule has 0 heterocycles. The summed E-state index contributed by atoms with van der Waals surface area (Å²) in [6.07, 6.45) is 1.08. The minimum Gasteiger partial charge on any atom is -0.481 e. The van der Waals surface area contributed by atoms with E-state index >= 15 is 0 Å². The number of rotatable bonds is 4. The summed E-state index contributed by atoms with van der Waals surface area (Å²) < 4.78 is 0. The maximum atomic E-state index is 10.3. The summed E-state index contributed by atoms with van der Waals surface area (Å²) in [6, 6.07) is 0. The third-order valence-corrected chi connectivity index (χ3v) is 1.39. The van der Waals surface area contributed by atoms with E-state index in [2.05, 4.69) is 0 Å². The van der Waals surface area contributed by atoms with Crippen molar-refractivity contribution >= 4 is 12.3 Å². The second kappa shape index (κ2) is 4.66. The number of allylic oxidation sites excluding steroid dienone is 2. The van der Waals surface area contributed by atoms with Gasteiger partial charge in [0.1, 0.15) is 6.29 Å². The summed E-state index contributed by atoms with van der Waals surface area (Å²) in [6.45, 7) is 3.59. The molecule has 0 aromatic rings. The Bertz CT molecular complexity index is 188. The number of carbonyl (C=O) groups is 2. The van der Waals surface area contributed by atoms with Crippen LogP contribution < -0.4 is 0 Å². The first-order valence-corrected chi connectivity index (χ1v) is 3.41. The van der Waals surface area contributed by atoms with Crippen LogP contribution in [0.4, 0.5) is 0 Å². The molecule has 0 aromatic heterocycles. The molecular formula is C8H12O3. The van der Waals surface area contributed by atoms with Gasteiger partial charge in [-0.2, -0.15) is 0 Å². The van der Waals surface area contributed by atoms with E-state index in [-0.39, 0.29) is 6.42 Å². The quantitative estimate of drug-likeness (QED) is 0.494. The number of aldehydes is 1. The number of carboxylic acid groups (broad SMARTS) is 1. The minimum atomic E-state index is -0.870. The summed E-state index contributed by atoms with van der Waals surface area (Å²) in [5.41, 5.74) is 1.48. The first-order valence-electron chi connectivity index (χ1n) is 3.41. The Morgan fingerprint density at radius 1 is 1.36 bits per heavy atom. The van der Waals surface area contributed by atoms with Crippen LogP contribution in [0.2, 0.25) is 0 Å². The van der Waals surface area contributed by atoms with Crippen molar-refractivity contribution in [1.29, 1.82) is 0 Å².